The molecule has 0 saturated heterocycles. The van der Waals surface area contributed by atoms with Crippen molar-refractivity contribution >= 4 is 45.9 Å². The zero-order valence-electron chi connectivity index (χ0n) is 12.6. The lowest BCUT2D eigenvalue weighted by Gasteiger charge is -2.09. The van der Waals surface area contributed by atoms with Crippen LogP contribution in [-0.4, -0.2) is 15.0 Å². The molecule has 0 aliphatic rings. The molecule has 0 spiro atoms. The van der Waals surface area contributed by atoms with Crippen LogP contribution in [0.1, 0.15) is 0 Å². The van der Waals surface area contributed by atoms with Gasteiger partial charge in [-0.15, -0.1) is 0 Å². The first-order chi connectivity index (χ1) is 12.1. The number of hydrogen-bond donors (Lipinski definition) is 2. The van der Waals surface area contributed by atoms with Crippen molar-refractivity contribution in [2.75, 3.05) is 5.32 Å². The third kappa shape index (κ3) is 2.97. The zero-order valence-corrected chi connectivity index (χ0v) is 14.1. The number of benzene rings is 1. The van der Waals surface area contributed by atoms with E-state index in [0.29, 0.717) is 38.1 Å². The van der Waals surface area contributed by atoms with Crippen molar-refractivity contribution in [3.8, 4) is 11.3 Å². The van der Waals surface area contributed by atoms with Crippen LogP contribution >= 0.6 is 23.2 Å². The minimum absolute atomic E-state index is 0.228. The summed E-state index contributed by atoms with van der Waals surface area (Å²) in [5.41, 5.74) is 1.15. The summed E-state index contributed by atoms with van der Waals surface area (Å²) in [5, 5.41) is 4.24. The zero-order chi connectivity index (χ0) is 17.4. The second-order valence-electron chi connectivity index (χ2n) is 5.20. The topological polar surface area (TPSA) is 83.8 Å². The molecule has 124 valence electrons. The second kappa shape index (κ2) is 6.23. The van der Waals surface area contributed by atoms with E-state index in [9.17, 15) is 4.79 Å². The van der Waals surface area contributed by atoms with Gasteiger partial charge in [0, 0.05) is 16.8 Å². The number of halogens is 2. The van der Waals surface area contributed by atoms with Gasteiger partial charge >= 0.3 is 0 Å². The van der Waals surface area contributed by atoms with Gasteiger partial charge in [-0.05, 0) is 36.4 Å². The third-order valence-corrected chi connectivity index (χ3v) is 4.13. The molecule has 0 aliphatic carbocycles. The standard InChI is InChI=1S/C17H10Cl2N4O2/c18-9-3-4-12(11(19)8-9)21-17-22-15-14(16(24)23-17)10(5-6-20-15)13-2-1-7-25-13/h1-8H,(H2,20,21,22,23,24). The lowest BCUT2D eigenvalue weighted by atomic mass is 10.1. The molecule has 2 N–H and O–H groups in total. The maximum Gasteiger partial charge on any atom is 0.262 e. The van der Waals surface area contributed by atoms with Crippen LogP contribution in [0, 0.1) is 0 Å². The van der Waals surface area contributed by atoms with Crippen LogP contribution in [0.25, 0.3) is 22.4 Å². The van der Waals surface area contributed by atoms with Gasteiger partial charge in [-0.3, -0.25) is 9.78 Å². The molecule has 4 aromatic rings. The van der Waals surface area contributed by atoms with Crippen molar-refractivity contribution in [1.82, 2.24) is 15.0 Å². The Morgan fingerprint density at radius 3 is 2.80 bits per heavy atom. The maximum atomic E-state index is 12.6. The number of rotatable bonds is 3. The molecular formula is C17H10Cl2N4O2. The number of aromatic nitrogens is 3. The smallest absolute Gasteiger partial charge is 0.262 e. The Morgan fingerprint density at radius 2 is 2.04 bits per heavy atom. The number of nitrogens with one attached hydrogen (secondary N) is 2. The van der Waals surface area contributed by atoms with Crippen molar-refractivity contribution in [3.05, 3.63) is 69.3 Å². The van der Waals surface area contributed by atoms with E-state index in [2.05, 4.69) is 20.3 Å². The highest BCUT2D eigenvalue weighted by Crippen LogP contribution is 2.28. The molecule has 3 heterocycles. The third-order valence-electron chi connectivity index (χ3n) is 3.58. The molecule has 8 heteroatoms. The van der Waals surface area contributed by atoms with E-state index in [1.807, 2.05) is 0 Å². The van der Waals surface area contributed by atoms with Gasteiger partial charge in [0.2, 0.25) is 5.95 Å². The summed E-state index contributed by atoms with van der Waals surface area (Å²) in [4.78, 5) is 23.8. The van der Waals surface area contributed by atoms with E-state index in [1.54, 1.807) is 48.9 Å². The lowest BCUT2D eigenvalue weighted by Crippen LogP contribution is -2.13. The van der Waals surface area contributed by atoms with E-state index in [0.717, 1.165) is 0 Å². The molecule has 0 atom stereocenters. The van der Waals surface area contributed by atoms with Gasteiger partial charge in [0.15, 0.2) is 5.65 Å². The molecule has 3 aromatic heterocycles. The summed E-state index contributed by atoms with van der Waals surface area (Å²) in [6.07, 6.45) is 3.12. The van der Waals surface area contributed by atoms with E-state index >= 15 is 0 Å². The Bertz CT molecular complexity index is 1120. The predicted molar refractivity (Wildman–Crippen MR) is 97.6 cm³/mol. The van der Waals surface area contributed by atoms with Crippen molar-refractivity contribution in [2.24, 2.45) is 0 Å². The fourth-order valence-corrected chi connectivity index (χ4v) is 2.93. The van der Waals surface area contributed by atoms with Gasteiger partial charge in [-0.2, -0.15) is 4.98 Å². The SMILES string of the molecule is O=c1[nH]c(Nc2ccc(Cl)cc2Cl)nc2nccc(-c3ccco3)c12. The van der Waals surface area contributed by atoms with Crippen LogP contribution in [-0.2, 0) is 0 Å². The number of fused-ring (bicyclic) bond motifs is 1. The maximum absolute atomic E-state index is 12.6. The molecule has 25 heavy (non-hydrogen) atoms. The highest BCUT2D eigenvalue weighted by molar-refractivity contribution is 6.36. The monoisotopic (exact) mass is 372 g/mol. The number of pyridine rings is 1. The molecule has 0 aliphatic heterocycles. The Labute approximate surface area is 151 Å². The number of anilines is 2. The molecule has 0 radical (unpaired) electrons. The number of nitrogens with zero attached hydrogens (tertiary/aromatic N) is 2. The summed E-state index contributed by atoms with van der Waals surface area (Å²) in [5.74, 6) is 0.798. The highest BCUT2D eigenvalue weighted by atomic mass is 35.5. The van der Waals surface area contributed by atoms with Gasteiger partial charge in [-0.25, -0.2) is 4.98 Å². The fraction of sp³-hybridized carbons (Fsp3) is 0. The first-order valence-electron chi connectivity index (χ1n) is 7.27. The number of aromatic amines is 1. The van der Waals surface area contributed by atoms with Gasteiger partial charge in [0.05, 0.1) is 22.4 Å². The van der Waals surface area contributed by atoms with Crippen LogP contribution in [0.3, 0.4) is 0 Å². The minimum atomic E-state index is -0.336. The largest absolute Gasteiger partial charge is 0.464 e. The number of furan rings is 1. The lowest BCUT2D eigenvalue weighted by molar-refractivity contribution is 0.583. The summed E-state index contributed by atoms with van der Waals surface area (Å²) < 4.78 is 5.38. The van der Waals surface area contributed by atoms with Crippen molar-refractivity contribution in [2.45, 2.75) is 0 Å². The molecule has 0 unspecified atom stereocenters. The molecule has 1 aromatic carbocycles. The van der Waals surface area contributed by atoms with Gasteiger partial charge < -0.3 is 9.73 Å². The normalized spacial score (nSPS) is 11.0. The van der Waals surface area contributed by atoms with E-state index in [-0.39, 0.29) is 11.5 Å². The van der Waals surface area contributed by atoms with E-state index in [4.69, 9.17) is 27.6 Å². The van der Waals surface area contributed by atoms with Crippen molar-refractivity contribution in [3.63, 3.8) is 0 Å². The number of hydrogen-bond acceptors (Lipinski definition) is 5. The van der Waals surface area contributed by atoms with Gasteiger partial charge in [0.1, 0.15) is 5.76 Å². The Balaban J connectivity index is 1.82. The average Bonchev–Trinajstić information content (AvgIpc) is 3.11. The van der Waals surface area contributed by atoms with Crippen molar-refractivity contribution in [1.29, 1.82) is 0 Å². The Kier molecular flexibility index (Phi) is 3.91. The summed E-state index contributed by atoms with van der Waals surface area (Å²) in [7, 11) is 0. The number of H-pyrrole nitrogens is 1. The van der Waals surface area contributed by atoms with Crippen LogP contribution in [0.2, 0.25) is 10.0 Å². The molecule has 4 rings (SSSR count). The van der Waals surface area contributed by atoms with E-state index < -0.39 is 0 Å². The van der Waals surface area contributed by atoms with Crippen LogP contribution in [0.15, 0.2) is 58.1 Å². The minimum Gasteiger partial charge on any atom is -0.464 e. The Hall–Kier alpha value is -2.83. The van der Waals surface area contributed by atoms with Gasteiger partial charge in [0.25, 0.3) is 5.56 Å². The molecule has 0 bridgehead atoms. The average molecular weight is 373 g/mol. The molecule has 0 saturated carbocycles. The first kappa shape index (κ1) is 15.7. The summed E-state index contributed by atoms with van der Waals surface area (Å²) in [6.45, 7) is 0. The molecule has 6 nitrogen and oxygen atoms in total. The quantitative estimate of drug-likeness (QED) is 0.547. The predicted octanol–water partition coefficient (Wildman–Crippen LogP) is 4.63. The summed E-state index contributed by atoms with van der Waals surface area (Å²) >= 11 is 12.0. The fourth-order valence-electron chi connectivity index (χ4n) is 2.48. The highest BCUT2D eigenvalue weighted by Gasteiger charge is 2.13. The van der Waals surface area contributed by atoms with Crippen LogP contribution in [0.5, 0.6) is 0 Å². The van der Waals surface area contributed by atoms with Gasteiger partial charge in [-0.1, -0.05) is 23.2 Å². The van der Waals surface area contributed by atoms with E-state index in [1.165, 1.54) is 0 Å². The summed E-state index contributed by atoms with van der Waals surface area (Å²) in [6, 6.07) is 10.2. The molecular weight excluding hydrogens is 363 g/mol. The van der Waals surface area contributed by atoms with Crippen molar-refractivity contribution < 1.29 is 4.42 Å². The van der Waals surface area contributed by atoms with Crippen LogP contribution in [0.4, 0.5) is 11.6 Å². The first-order valence-corrected chi connectivity index (χ1v) is 8.02. The Morgan fingerprint density at radius 1 is 1.16 bits per heavy atom. The molecule has 0 amide bonds. The molecule has 0 fully saturated rings. The second-order valence-corrected chi connectivity index (χ2v) is 6.04. The van der Waals surface area contributed by atoms with Crippen LogP contribution < -0.4 is 10.9 Å².